The van der Waals surface area contributed by atoms with Crippen molar-refractivity contribution in [1.82, 2.24) is 19.4 Å². The van der Waals surface area contributed by atoms with Gasteiger partial charge in [-0.15, -0.1) is 0 Å². The van der Waals surface area contributed by atoms with E-state index in [1.807, 2.05) is 10.8 Å². The lowest BCUT2D eigenvalue weighted by molar-refractivity contribution is -0.147. The van der Waals surface area contributed by atoms with Crippen molar-refractivity contribution in [3.8, 4) is 0 Å². The maximum atomic E-state index is 12.6. The highest BCUT2D eigenvalue weighted by Crippen LogP contribution is 2.31. The topological polar surface area (TPSA) is 78.7 Å². The van der Waals surface area contributed by atoms with Gasteiger partial charge in [-0.25, -0.2) is 14.6 Å². The largest absolute Gasteiger partial charge is 0.480 e. The van der Waals surface area contributed by atoms with Crippen molar-refractivity contribution >= 4 is 12.0 Å². The van der Waals surface area contributed by atoms with Gasteiger partial charge in [0.05, 0.1) is 6.54 Å². The van der Waals surface area contributed by atoms with Crippen molar-refractivity contribution in [1.29, 1.82) is 0 Å². The number of nitrogens with zero attached hydrogens (tertiary/aromatic N) is 4. The van der Waals surface area contributed by atoms with Crippen LogP contribution in [0.4, 0.5) is 4.79 Å². The van der Waals surface area contributed by atoms with Gasteiger partial charge in [-0.2, -0.15) is 0 Å². The zero-order valence-electron chi connectivity index (χ0n) is 11.4. The van der Waals surface area contributed by atoms with E-state index < -0.39 is 11.5 Å². The molecule has 7 nitrogen and oxygen atoms in total. The maximum absolute atomic E-state index is 12.6. The van der Waals surface area contributed by atoms with Gasteiger partial charge in [0.1, 0.15) is 11.4 Å². The first kappa shape index (κ1) is 13.0. The molecule has 0 radical (unpaired) electrons. The Hall–Kier alpha value is -2.05. The van der Waals surface area contributed by atoms with Crippen LogP contribution in [0.3, 0.4) is 0 Å². The molecule has 1 aromatic heterocycles. The SMILES string of the molecule is CC1(C(=O)O)CCCN1C(=O)N1CCn2ccnc2C1. The van der Waals surface area contributed by atoms with Gasteiger partial charge in [0.2, 0.25) is 0 Å². The molecule has 7 heteroatoms. The number of carbonyl (C=O) groups is 2. The fourth-order valence-corrected chi connectivity index (χ4v) is 3.00. The van der Waals surface area contributed by atoms with E-state index in [9.17, 15) is 14.7 Å². The minimum absolute atomic E-state index is 0.193. The summed E-state index contributed by atoms with van der Waals surface area (Å²) in [6, 6.07) is -0.193. The molecule has 0 spiro atoms. The Balaban J connectivity index is 1.78. The molecule has 0 bridgehead atoms. The van der Waals surface area contributed by atoms with Crippen molar-refractivity contribution in [3.05, 3.63) is 18.2 Å². The summed E-state index contributed by atoms with van der Waals surface area (Å²) in [5.74, 6) is -0.0808. The maximum Gasteiger partial charge on any atom is 0.329 e. The van der Waals surface area contributed by atoms with Gasteiger partial charge >= 0.3 is 12.0 Å². The third-order valence-electron chi connectivity index (χ3n) is 4.35. The third-order valence-corrected chi connectivity index (χ3v) is 4.35. The smallest absolute Gasteiger partial charge is 0.329 e. The third kappa shape index (κ3) is 1.85. The highest BCUT2D eigenvalue weighted by atomic mass is 16.4. The molecule has 108 valence electrons. The summed E-state index contributed by atoms with van der Waals surface area (Å²) in [4.78, 5) is 31.5. The lowest BCUT2D eigenvalue weighted by atomic mass is 10.00. The van der Waals surface area contributed by atoms with Gasteiger partial charge in [0, 0.05) is 32.0 Å². The Kier molecular flexibility index (Phi) is 2.92. The molecule has 1 atom stereocenters. The van der Waals surface area contributed by atoms with Gasteiger partial charge in [0.25, 0.3) is 0 Å². The summed E-state index contributed by atoms with van der Waals surface area (Å²) < 4.78 is 2.02. The molecule has 1 unspecified atom stereocenters. The molecule has 3 rings (SSSR count). The van der Waals surface area contributed by atoms with E-state index in [2.05, 4.69) is 4.98 Å². The Morgan fingerprint density at radius 1 is 1.35 bits per heavy atom. The first-order chi connectivity index (χ1) is 9.52. The molecule has 0 aliphatic carbocycles. The molecule has 0 saturated carbocycles. The number of aromatic nitrogens is 2. The zero-order valence-corrected chi connectivity index (χ0v) is 11.4. The molecule has 2 amide bonds. The van der Waals surface area contributed by atoms with Crippen LogP contribution in [0, 0.1) is 0 Å². The number of rotatable bonds is 1. The van der Waals surface area contributed by atoms with Gasteiger partial charge in [-0.05, 0) is 19.8 Å². The van der Waals surface area contributed by atoms with E-state index in [4.69, 9.17) is 0 Å². The van der Waals surface area contributed by atoms with Gasteiger partial charge in [-0.1, -0.05) is 0 Å². The second-order valence-electron chi connectivity index (χ2n) is 5.58. The Morgan fingerprint density at radius 2 is 2.15 bits per heavy atom. The van der Waals surface area contributed by atoms with Crippen LogP contribution in [0.15, 0.2) is 12.4 Å². The molecule has 2 aliphatic heterocycles. The molecule has 1 N–H and O–H groups in total. The van der Waals surface area contributed by atoms with Crippen LogP contribution < -0.4 is 0 Å². The van der Waals surface area contributed by atoms with E-state index in [1.54, 1.807) is 18.0 Å². The fourth-order valence-electron chi connectivity index (χ4n) is 3.00. The van der Waals surface area contributed by atoms with Crippen molar-refractivity contribution in [2.24, 2.45) is 0 Å². The fraction of sp³-hybridized carbons (Fsp3) is 0.615. The average molecular weight is 278 g/mol. The summed E-state index contributed by atoms with van der Waals surface area (Å²) in [5, 5.41) is 9.39. The van der Waals surface area contributed by atoms with Crippen LogP contribution in [0.5, 0.6) is 0 Å². The number of urea groups is 1. The number of aliphatic carboxylic acids is 1. The van der Waals surface area contributed by atoms with Crippen LogP contribution in [0.25, 0.3) is 0 Å². The van der Waals surface area contributed by atoms with Crippen LogP contribution in [0.1, 0.15) is 25.6 Å². The molecule has 1 fully saturated rings. The summed E-state index contributed by atoms with van der Waals surface area (Å²) in [6.45, 7) is 3.88. The van der Waals surface area contributed by atoms with Crippen molar-refractivity contribution < 1.29 is 14.7 Å². The summed E-state index contributed by atoms with van der Waals surface area (Å²) in [6.07, 6.45) is 4.86. The van der Waals surface area contributed by atoms with Crippen molar-refractivity contribution in [2.75, 3.05) is 13.1 Å². The first-order valence-corrected chi connectivity index (χ1v) is 6.82. The van der Waals surface area contributed by atoms with E-state index in [1.165, 1.54) is 4.90 Å². The van der Waals surface area contributed by atoms with E-state index in [0.29, 0.717) is 32.6 Å². The number of likely N-dealkylation sites (tertiary alicyclic amines) is 1. The molecule has 0 aromatic carbocycles. The van der Waals surface area contributed by atoms with Gasteiger partial charge in [-0.3, -0.25) is 0 Å². The van der Waals surface area contributed by atoms with E-state index >= 15 is 0 Å². The second kappa shape index (κ2) is 4.50. The number of carboxylic acid groups (broad SMARTS) is 1. The first-order valence-electron chi connectivity index (χ1n) is 6.82. The number of hydrogen-bond donors (Lipinski definition) is 1. The van der Waals surface area contributed by atoms with Crippen LogP contribution in [-0.2, 0) is 17.9 Å². The molecule has 1 aromatic rings. The summed E-state index contributed by atoms with van der Waals surface area (Å²) >= 11 is 0. The zero-order chi connectivity index (χ0) is 14.3. The Labute approximate surface area is 116 Å². The highest BCUT2D eigenvalue weighted by molar-refractivity contribution is 5.86. The number of carboxylic acids is 1. The minimum atomic E-state index is -1.08. The van der Waals surface area contributed by atoms with Crippen molar-refractivity contribution in [3.63, 3.8) is 0 Å². The lowest BCUT2D eigenvalue weighted by Gasteiger charge is -2.37. The van der Waals surface area contributed by atoms with Gasteiger partial charge in [0.15, 0.2) is 0 Å². The number of carbonyl (C=O) groups excluding carboxylic acids is 1. The second-order valence-corrected chi connectivity index (χ2v) is 5.58. The molecule has 2 aliphatic rings. The number of fused-ring (bicyclic) bond motifs is 1. The molecule has 1 saturated heterocycles. The standard InChI is InChI=1S/C13H18N4O3/c1-13(11(18)19)3-2-5-17(13)12(20)16-8-7-15-6-4-14-10(15)9-16/h4,6H,2-3,5,7-9H2,1H3,(H,18,19). The molecular weight excluding hydrogens is 260 g/mol. The molecule has 3 heterocycles. The predicted octanol–water partition coefficient (Wildman–Crippen LogP) is 0.758. The number of hydrogen-bond acceptors (Lipinski definition) is 3. The average Bonchev–Trinajstić information content (AvgIpc) is 3.03. The Morgan fingerprint density at radius 3 is 2.90 bits per heavy atom. The quantitative estimate of drug-likeness (QED) is 0.822. The number of imidazole rings is 1. The van der Waals surface area contributed by atoms with Crippen LogP contribution >= 0.6 is 0 Å². The van der Waals surface area contributed by atoms with Crippen molar-refractivity contribution in [2.45, 2.75) is 38.4 Å². The van der Waals surface area contributed by atoms with Crippen LogP contribution in [0.2, 0.25) is 0 Å². The van der Waals surface area contributed by atoms with E-state index in [0.717, 1.165) is 12.2 Å². The van der Waals surface area contributed by atoms with Gasteiger partial charge < -0.3 is 19.5 Å². The molecular formula is C13H18N4O3. The van der Waals surface area contributed by atoms with E-state index in [-0.39, 0.29) is 6.03 Å². The summed E-state index contributed by atoms with van der Waals surface area (Å²) in [7, 11) is 0. The normalized spacial score (nSPS) is 25.6. The molecule has 20 heavy (non-hydrogen) atoms. The Bertz CT molecular complexity index is 556. The highest BCUT2D eigenvalue weighted by Gasteiger charge is 2.47. The minimum Gasteiger partial charge on any atom is -0.480 e. The monoisotopic (exact) mass is 278 g/mol. The predicted molar refractivity (Wildman–Crippen MR) is 70.0 cm³/mol. The summed E-state index contributed by atoms with van der Waals surface area (Å²) in [5.41, 5.74) is -1.08. The number of amides is 2. The van der Waals surface area contributed by atoms with Crippen LogP contribution in [-0.4, -0.2) is 55.1 Å². The lowest BCUT2D eigenvalue weighted by Crippen LogP contribution is -2.56.